The van der Waals surface area contributed by atoms with E-state index >= 15 is 0 Å². The second-order valence-corrected chi connectivity index (χ2v) is 10.0. The Morgan fingerprint density at radius 2 is 1.83 bits per heavy atom. The average molecular weight is 502 g/mol. The summed E-state index contributed by atoms with van der Waals surface area (Å²) in [4.78, 5) is 20.4. The highest BCUT2D eigenvalue weighted by molar-refractivity contribution is 6.30. The summed E-state index contributed by atoms with van der Waals surface area (Å²) in [7, 11) is 2.24. The zero-order chi connectivity index (χ0) is 24.9. The van der Waals surface area contributed by atoms with Gasteiger partial charge < -0.3 is 14.2 Å². The summed E-state index contributed by atoms with van der Waals surface area (Å²) in [5.74, 6) is 1.62. The van der Waals surface area contributed by atoms with Crippen LogP contribution in [0.1, 0.15) is 53.8 Å². The van der Waals surface area contributed by atoms with Gasteiger partial charge >= 0.3 is 0 Å². The number of aromatic nitrogens is 2. The standard InChI is InChI=1S/C30H32ClN3O2/c1-33-18-6-5-10-25(33)11-7-19-34-28-17-12-23(30(35)22-8-3-2-4-9-22)20-27(28)32-29(34)21-36-26-15-13-24(31)14-16-26/h2-4,8-9,12-17,20,25H,5-7,10-11,18-19,21H2,1H3. The van der Waals surface area contributed by atoms with Crippen molar-refractivity contribution in [1.82, 2.24) is 14.5 Å². The number of ketones is 1. The van der Waals surface area contributed by atoms with Crippen LogP contribution in [0.5, 0.6) is 5.75 Å². The fourth-order valence-electron chi connectivity index (χ4n) is 5.11. The van der Waals surface area contributed by atoms with E-state index in [1.807, 2.05) is 72.8 Å². The minimum absolute atomic E-state index is 0.00588. The van der Waals surface area contributed by atoms with Gasteiger partial charge in [-0.3, -0.25) is 4.79 Å². The first kappa shape index (κ1) is 24.5. The molecule has 3 aromatic carbocycles. The van der Waals surface area contributed by atoms with Crippen molar-refractivity contribution in [2.24, 2.45) is 0 Å². The number of carbonyl (C=O) groups is 1. The first-order chi connectivity index (χ1) is 17.6. The van der Waals surface area contributed by atoms with Crippen LogP contribution in [0.2, 0.25) is 5.02 Å². The highest BCUT2D eigenvalue weighted by Crippen LogP contribution is 2.24. The molecule has 4 aromatic rings. The molecule has 2 heterocycles. The number of hydrogen-bond acceptors (Lipinski definition) is 4. The Kier molecular flexibility index (Phi) is 7.69. The van der Waals surface area contributed by atoms with E-state index in [-0.39, 0.29) is 5.78 Å². The average Bonchev–Trinajstić information content (AvgIpc) is 3.26. The Morgan fingerprint density at radius 3 is 2.61 bits per heavy atom. The van der Waals surface area contributed by atoms with Gasteiger partial charge in [0.15, 0.2) is 5.78 Å². The Hall–Kier alpha value is -3.15. The highest BCUT2D eigenvalue weighted by atomic mass is 35.5. The Bertz CT molecular complexity index is 1320. The van der Waals surface area contributed by atoms with Gasteiger partial charge in [0.25, 0.3) is 0 Å². The van der Waals surface area contributed by atoms with Crippen molar-refractivity contribution < 1.29 is 9.53 Å². The lowest BCUT2D eigenvalue weighted by Crippen LogP contribution is -2.36. The van der Waals surface area contributed by atoms with E-state index in [0.717, 1.165) is 42.0 Å². The molecule has 0 radical (unpaired) electrons. The van der Waals surface area contributed by atoms with Crippen LogP contribution in [0, 0.1) is 0 Å². The molecule has 0 amide bonds. The second-order valence-electron chi connectivity index (χ2n) is 9.59. The minimum atomic E-state index is 0.00588. The molecule has 0 spiro atoms. The molecule has 0 aliphatic carbocycles. The van der Waals surface area contributed by atoms with Crippen LogP contribution in [-0.4, -0.2) is 39.9 Å². The molecule has 1 unspecified atom stereocenters. The lowest BCUT2D eigenvalue weighted by molar-refractivity contribution is 0.103. The molecule has 186 valence electrons. The van der Waals surface area contributed by atoms with Gasteiger partial charge in [-0.05, 0) is 81.7 Å². The summed E-state index contributed by atoms with van der Waals surface area (Å²) >= 11 is 6.02. The number of likely N-dealkylation sites (tertiary alicyclic amines) is 1. The molecule has 1 saturated heterocycles. The molecule has 1 atom stereocenters. The number of nitrogens with zero attached hydrogens (tertiary/aromatic N) is 3. The van der Waals surface area contributed by atoms with Crippen LogP contribution in [-0.2, 0) is 13.2 Å². The quantitative estimate of drug-likeness (QED) is 0.237. The monoisotopic (exact) mass is 501 g/mol. The third-order valence-electron chi connectivity index (χ3n) is 7.15. The molecule has 5 rings (SSSR count). The predicted molar refractivity (Wildman–Crippen MR) is 145 cm³/mol. The van der Waals surface area contributed by atoms with Crippen LogP contribution in [0.25, 0.3) is 11.0 Å². The normalized spacial score (nSPS) is 16.3. The maximum absolute atomic E-state index is 13.0. The molecule has 6 heteroatoms. The molecule has 1 fully saturated rings. The lowest BCUT2D eigenvalue weighted by Gasteiger charge is -2.32. The van der Waals surface area contributed by atoms with Crippen LogP contribution in [0.15, 0.2) is 72.8 Å². The first-order valence-electron chi connectivity index (χ1n) is 12.8. The summed E-state index contributed by atoms with van der Waals surface area (Å²) in [6.45, 7) is 2.41. The van der Waals surface area contributed by atoms with Crippen LogP contribution in [0.3, 0.4) is 0 Å². The van der Waals surface area contributed by atoms with Crippen molar-refractivity contribution in [3.63, 3.8) is 0 Å². The van der Waals surface area contributed by atoms with Crippen LogP contribution in [0.4, 0.5) is 0 Å². The summed E-state index contributed by atoms with van der Waals surface area (Å²) < 4.78 is 8.32. The molecule has 1 aliphatic heterocycles. The van der Waals surface area contributed by atoms with E-state index in [9.17, 15) is 4.79 Å². The van der Waals surface area contributed by atoms with Crippen molar-refractivity contribution in [3.05, 3.63) is 94.8 Å². The van der Waals surface area contributed by atoms with E-state index in [4.69, 9.17) is 21.3 Å². The Labute approximate surface area is 217 Å². The van der Waals surface area contributed by atoms with Gasteiger partial charge in [0, 0.05) is 28.7 Å². The number of fused-ring (bicyclic) bond motifs is 1. The van der Waals surface area contributed by atoms with Gasteiger partial charge in [0.05, 0.1) is 11.0 Å². The molecule has 0 bridgehead atoms. The largest absolute Gasteiger partial charge is 0.486 e. The summed E-state index contributed by atoms with van der Waals surface area (Å²) in [5.41, 5.74) is 3.18. The SMILES string of the molecule is CN1CCCCC1CCCn1c(COc2ccc(Cl)cc2)nc2cc(C(=O)c3ccccc3)ccc21. The fourth-order valence-corrected chi connectivity index (χ4v) is 5.24. The number of benzene rings is 3. The highest BCUT2D eigenvalue weighted by Gasteiger charge is 2.20. The van der Waals surface area contributed by atoms with Crippen LogP contribution >= 0.6 is 11.6 Å². The third-order valence-corrected chi connectivity index (χ3v) is 7.40. The zero-order valence-electron chi connectivity index (χ0n) is 20.7. The molecule has 1 aromatic heterocycles. The molecule has 0 saturated carbocycles. The summed E-state index contributed by atoms with van der Waals surface area (Å²) in [6, 6.07) is 23.2. The van der Waals surface area contributed by atoms with E-state index < -0.39 is 0 Å². The van der Waals surface area contributed by atoms with Crippen molar-refractivity contribution in [1.29, 1.82) is 0 Å². The number of halogens is 1. The molecule has 5 nitrogen and oxygen atoms in total. The predicted octanol–water partition coefficient (Wildman–Crippen LogP) is 6.76. The van der Waals surface area contributed by atoms with Crippen molar-refractivity contribution in [3.8, 4) is 5.75 Å². The van der Waals surface area contributed by atoms with Crippen molar-refractivity contribution in [2.45, 2.75) is 51.3 Å². The van der Waals surface area contributed by atoms with E-state index in [1.54, 1.807) is 0 Å². The maximum Gasteiger partial charge on any atom is 0.193 e. The van der Waals surface area contributed by atoms with Crippen LogP contribution < -0.4 is 4.74 Å². The number of aryl methyl sites for hydroxylation is 1. The molecular formula is C30H32ClN3O2. The smallest absolute Gasteiger partial charge is 0.193 e. The van der Waals surface area contributed by atoms with Gasteiger partial charge in [0.1, 0.15) is 18.2 Å². The molecular weight excluding hydrogens is 470 g/mol. The van der Waals surface area contributed by atoms with Crippen molar-refractivity contribution in [2.75, 3.05) is 13.6 Å². The van der Waals surface area contributed by atoms with Gasteiger partial charge in [-0.1, -0.05) is 48.4 Å². The number of hydrogen-bond donors (Lipinski definition) is 0. The first-order valence-corrected chi connectivity index (χ1v) is 13.1. The van der Waals surface area contributed by atoms with E-state index in [0.29, 0.717) is 28.8 Å². The van der Waals surface area contributed by atoms with Gasteiger partial charge in [-0.25, -0.2) is 4.98 Å². The van der Waals surface area contributed by atoms with Gasteiger partial charge in [-0.2, -0.15) is 0 Å². The number of piperidine rings is 1. The summed E-state index contributed by atoms with van der Waals surface area (Å²) in [5, 5.41) is 0.679. The zero-order valence-corrected chi connectivity index (χ0v) is 21.5. The van der Waals surface area contributed by atoms with Gasteiger partial charge in [0.2, 0.25) is 0 Å². The fraction of sp³-hybridized carbons (Fsp3) is 0.333. The number of carbonyl (C=O) groups excluding carboxylic acids is 1. The molecule has 1 aliphatic rings. The maximum atomic E-state index is 13.0. The Morgan fingerprint density at radius 1 is 1.03 bits per heavy atom. The lowest BCUT2D eigenvalue weighted by atomic mass is 9.99. The van der Waals surface area contributed by atoms with E-state index in [1.165, 1.54) is 25.8 Å². The van der Waals surface area contributed by atoms with E-state index in [2.05, 4.69) is 16.5 Å². The number of ether oxygens (including phenoxy) is 1. The number of imidazole rings is 1. The third kappa shape index (κ3) is 5.63. The topological polar surface area (TPSA) is 47.4 Å². The number of rotatable bonds is 9. The van der Waals surface area contributed by atoms with Gasteiger partial charge in [-0.15, -0.1) is 0 Å². The second kappa shape index (κ2) is 11.3. The minimum Gasteiger partial charge on any atom is -0.486 e. The molecule has 0 N–H and O–H groups in total. The summed E-state index contributed by atoms with van der Waals surface area (Å²) in [6.07, 6.45) is 6.13. The Balaban J connectivity index is 1.39. The van der Waals surface area contributed by atoms with Crippen molar-refractivity contribution >= 4 is 28.4 Å². The molecule has 36 heavy (non-hydrogen) atoms.